The number of hydrogen-bond donors (Lipinski definition) is 2. The molecule has 0 fully saturated rings. The lowest BCUT2D eigenvalue weighted by Crippen LogP contribution is -2.13. The Labute approximate surface area is 128 Å². The molecule has 110 valence electrons. The number of rotatable bonds is 5. The third-order valence-corrected chi connectivity index (χ3v) is 3.78. The van der Waals surface area contributed by atoms with Crippen LogP contribution in [0.2, 0.25) is 0 Å². The van der Waals surface area contributed by atoms with Gasteiger partial charge in [-0.2, -0.15) is 11.3 Å². The zero-order valence-electron chi connectivity index (χ0n) is 12.1. The van der Waals surface area contributed by atoms with Crippen molar-refractivity contribution in [1.82, 2.24) is 0 Å². The minimum Gasteiger partial charge on any atom is -0.326 e. The standard InChI is InChI=1S/C16H18N2O2S/c1-11-3-5-14(9-15(11)17-12(2)19)18-16(20)6-4-13-7-8-21-10-13/h3,5,7-10H,4,6H2,1-2H3,(H,17,19)(H,18,20). The number of carbonyl (C=O) groups excluding carboxylic acids is 2. The van der Waals surface area contributed by atoms with Crippen LogP contribution >= 0.6 is 11.3 Å². The zero-order chi connectivity index (χ0) is 15.2. The number of thiophene rings is 1. The molecule has 21 heavy (non-hydrogen) atoms. The minimum atomic E-state index is -0.126. The molecule has 0 aliphatic carbocycles. The molecule has 2 rings (SSSR count). The van der Waals surface area contributed by atoms with Crippen LogP contribution in [0.3, 0.4) is 0 Å². The van der Waals surface area contributed by atoms with Crippen LogP contribution in [0.5, 0.6) is 0 Å². The van der Waals surface area contributed by atoms with E-state index in [2.05, 4.69) is 10.6 Å². The van der Waals surface area contributed by atoms with Gasteiger partial charge in [-0.3, -0.25) is 9.59 Å². The molecule has 2 aromatic rings. The van der Waals surface area contributed by atoms with E-state index in [0.29, 0.717) is 12.1 Å². The van der Waals surface area contributed by atoms with E-state index in [4.69, 9.17) is 0 Å². The van der Waals surface area contributed by atoms with Gasteiger partial charge < -0.3 is 10.6 Å². The van der Waals surface area contributed by atoms with Gasteiger partial charge in [-0.15, -0.1) is 0 Å². The molecular formula is C16H18N2O2S. The van der Waals surface area contributed by atoms with Crippen LogP contribution in [0.4, 0.5) is 11.4 Å². The summed E-state index contributed by atoms with van der Waals surface area (Å²) in [6, 6.07) is 7.51. The topological polar surface area (TPSA) is 58.2 Å². The number of benzene rings is 1. The summed E-state index contributed by atoms with van der Waals surface area (Å²) in [7, 11) is 0. The maximum Gasteiger partial charge on any atom is 0.224 e. The van der Waals surface area contributed by atoms with Crippen molar-refractivity contribution >= 4 is 34.5 Å². The second-order valence-electron chi connectivity index (χ2n) is 4.89. The molecule has 0 spiro atoms. The molecular weight excluding hydrogens is 284 g/mol. The van der Waals surface area contributed by atoms with E-state index in [0.717, 1.165) is 17.7 Å². The fourth-order valence-electron chi connectivity index (χ4n) is 1.94. The quantitative estimate of drug-likeness (QED) is 0.887. The molecule has 0 saturated carbocycles. The molecule has 1 heterocycles. The Morgan fingerprint density at radius 3 is 2.67 bits per heavy atom. The van der Waals surface area contributed by atoms with Crippen LogP contribution in [0.15, 0.2) is 35.0 Å². The normalized spacial score (nSPS) is 10.2. The second-order valence-corrected chi connectivity index (χ2v) is 5.67. The highest BCUT2D eigenvalue weighted by Crippen LogP contribution is 2.20. The first kappa shape index (κ1) is 15.3. The summed E-state index contributed by atoms with van der Waals surface area (Å²) in [6.45, 7) is 3.37. The monoisotopic (exact) mass is 302 g/mol. The molecule has 0 radical (unpaired) electrons. The van der Waals surface area contributed by atoms with Crippen molar-refractivity contribution in [1.29, 1.82) is 0 Å². The molecule has 4 nitrogen and oxygen atoms in total. The van der Waals surface area contributed by atoms with E-state index in [9.17, 15) is 9.59 Å². The Hall–Kier alpha value is -2.14. The van der Waals surface area contributed by atoms with Gasteiger partial charge in [-0.05, 0) is 53.4 Å². The van der Waals surface area contributed by atoms with Gasteiger partial charge >= 0.3 is 0 Å². The van der Waals surface area contributed by atoms with Crippen molar-refractivity contribution in [3.63, 3.8) is 0 Å². The molecule has 0 bridgehead atoms. The number of nitrogens with one attached hydrogen (secondary N) is 2. The first-order valence-electron chi connectivity index (χ1n) is 6.74. The molecule has 0 aliphatic rings. The molecule has 5 heteroatoms. The first-order chi connectivity index (χ1) is 10.0. The highest BCUT2D eigenvalue weighted by Gasteiger charge is 2.06. The molecule has 0 unspecified atom stereocenters. The highest BCUT2D eigenvalue weighted by molar-refractivity contribution is 7.07. The first-order valence-corrected chi connectivity index (χ1v) is 7.68. The van der Waals surface area contributed by atoms with Gasteiger partial charge in [0.15, 0.2) is 0 Å². The summed E-state index contributed by atoms with van der Waals surface area (Å²) in [4.78, 5) is 23.1. The van der Waals surface area contributed by atoms with E-state index >= 15 is 0 Å². The Balaban J connectivity index is 1.95. The largest absolute Gasteiger partial charge is 0.326 e. The third kappa shape index (κ3) is 4.72. The smallest absolute Gasteiger partial charge is 0.224 e. The fourth-order valence-corrected chi connectivity index (χ4v) is 2.64. The Morgan fingerprint density at radius 1 is 1.19 bits per heavy atom. The van der Waals surface area contributed by atoms with Crippen LogP contribution in [0.25, 0.3) is 0 Å². The SMILES string of the molecule is CC(=O)Nc1cc(NC(=O)CCc2ccsc2)ccc1C. The van der Waals surface area contributed by atoms with E-state index in [-0.39, 0.29) is 11.8 Å². The Morgan fingerprint density at radius 2 is 2.00 bits per heavy atom. The predicted octanol–water partition coefficient (Wildman–Crippen LogP) is 3.59. The van der Waals surface area contributed by atoms with Gasteiger partial charge in [0.2, 0.25) is 11.8 Å². The summed E-state index contributed by atoms with van der Waals surface area (Å²) >= 11 is 1.63. The van der Waals surface area contributed by atoms with E-state index in [1.807, 2.05) is 35.9 Å². The number of carbonyl (C=O) groups is 2. The van der Waals surface area contributed by atoms with Crippen LogP contribution in [0.1, 0.15) is 24.5 Å². The molecule has 2 amide bonds. The lowest BCUT2D eigenvalue weighted by atomic mass is 10.1. The van der Waals surface area contributed by atoms with Crippen molar-refractivity contribution in [3.8, 4) is 0 Å². The number of aryl methyl sites for hydroxylation is 2. The molecule has 1 aromatic heterocycles. The van der Waals surface area contributed by atoms with Crippen molar-refractivity contribution in [3.05, 3.63) is 46.2 Å². The zero-order valence-corrected chi connectivity index (χ0v) is 12.9. The number of anilines is 2. The van der Waals surface area contributed by atoms with Crippen LogP contribution in [-0.2, 0) is 16.0 Å². The van der Waals surface area contributed by atoms with Crippen LogP contribution in [-0.4, -0.2) is 11.8 Å². The predicted molar refractivity (Wildman–Crippen MR) is 86.8 cm³/mol. The summed E-state index contributed by atoms with van der Waals surface area (Å²) in [6.07, 6.45) is 1.18. The minimum absolute atomic E-state index is 0.0289. The van der Waals surface area contributed by atoms with Gasteiger partial charge in [-0.25, -0.2) is 0 Å². The van der Waals surface area contributed by atoms with Gasteiger partial charge in [0.25, 0.3) is 0 Å². The molecule has 0 saturated heterocycles. The van der Waals surface area contributed by atoms with E-state index in [1.165, 1.54) is 12.5 Å². The van der Waals surface area contributed by atoms with Gasteiger partial charge in [0.1, 0.15) is 0 Å². The van der Waals surface area contributed by atoms with Gasteiger partial charge in [0.05, 0.1) is 0 Å². The summed E-state index contributed by atoms with van der Waals surface area (Å²) in [5.41, 5.74) is 3.55. The van der Waals surface area contributed by atoms with Crippen molar-refractivity contribution in [2.24, 2.45) is 0 Å². The molecule has 0 aliphatic heterocycles. The second kappa shape index (κ2) is 7.04. The van der Waals surface area contributed by atoms with Crippen molar-refractivity contribution in [2.75, 3.05) is 10.6 Å². The summed E-state index contributed by atoms with van der Waals surface area (Å²) < 4.78 is 0. The van der Waals surface area contributed by atoms with Crippen molar-refractivity contribution < 1.29 is 9.59 Å². The average Bonchev–Trinajstić information content (AvgIpc) is 2.93. The average molecular weight is 302 g/mol. The summed E-state index contributed by atoms with van der Waals surface area (Å²) in [5.74, 6) is -0.155. The Kier molecular flexibility index (Phi) is 5.11. The van der Waals surface area contributed by atoms with E-state index in [1.54, 1.807) is 17.4 Å². The maximum atomic E-state index is 11.9. The number of amides is 2. The van der Waals surface area contributed by atoms with E-state index < -0.39 is 0 Å². The van der Waals surface area contributed by atoms with Crippen LogP contribution < -0.4 is 10.6 Å². The lowest BCUT2D eigenvalue weighted by Gasteiger charge is -2.10. The number of hydrogen-bond acceptors (Lipinski definition) is 3. The molecule has 2 N–H and O–H groups in total. The third-order valence-electron chi connectivity index (χ3n) is 3.05. The fraction of sp³-hybridized carbons (Fsp3) is 0.250. The van der Waals surface area contributed by atoms with Crippen molar-refractivity contribution in [2.45, 2.75) is 26.7 Å². The highest BCUT2D eigenvalue weighted by atomic mass is 32.1. The Bertz CT molecular complexity index is 636. The van der Waals surface area contributed by atoms with Crippen LogP contribution in [0, 0.1) is 6.92 Å². The maximum absolute atomic E-state index is 11.9. The summed E-state index contributed by atoms with van der Waals surface area (Å²) in [5, 5.41) is 9.67. The lowest BCUT2D eigenvalue weighted by molar-refractivity contribution is -0.116. The van der Waals surface area contributed by atoms with Gasteiger partial charge in [-0.1, -0.05) is 6.07 Å². The van der Waals surface area contributed by atoms with Gasteiger partial charge in [0, 0.05) is 24.7 Å². The molecule has 0 atom stereocenters. The molecule has 1 aromatic carbocycles.